The van der Waals surface area contributed by atoms with Gasteiger partial charge in [0, 0.05) is 25.3 Å². The molecule has 0 radical (unpaired) electrons. The zero-order valence-electron chi connectivity index (χ0n) is 19.8. The van der Waals surface area contributed by atoms with Gasteiger partial charge in [-0.1, -0.05) is 51.8 Å². The zero-order valence-corrected chi connectivity index (χ0v) is 19.8. The summed E-state index contributed by atoms with van der Waals surface area (Å²) in [6.45, 7) is 13.9. The van der Waals surface area contributed by atoms with Crippen molar-refractivity contribution in [1.29, 1.82) is 0 Å². The van der Waals surface area contributed by atoms with E-state index in [9.17, 15) is 9.90 Å². The molecule has 0 spiro atoms. The molecule has 0 bridgehead atoms. The molecule has 0 unspecified atom stereocenters. The van der Waals surface area contributed by atoms with Gasteiger partial charge in [0.2, 0.25) is 0 Å². The molecule has 168 valence electrons. The van der Waals surface area contributed by atoms with Crippen molar-refractivity contribution in [1.82, 2.24) is 5.32 Å². The van der Waals surface area contributed by atoms with Crippen LogP contribution in [-0.4, -0.2) is 30.6 Å². The molecule has 31 heavy (non-hydrogen) atoms. The molecule has 1 heterocycles. The maximum absolute atomic E-state index is 12.6. The quantitative estimate of drug-likeness (QED) is 0.520. The van der Waals surface area contributed by atoms with Crippen LogP contribution < -0.4 is 10.2 Å². The van der Waals surface area contributed by atoms with Gasteiger partial charge >= 0.3 is 0 Å². The molecule has 3 rings (SSSR count). The standard InChI is InChI=1S/C27H38N2O2/c1-6-7-10-14-29-15-13-21-19(2)16-20(3)23(25(21)29)17-27(4,5)18-28-26(31)22-11-8-9-12-24(22)30/h8-9,11-12,16,30H,6-7,10,13-15,17-18H2,1-5H3,(H,28,31). The fraction of sp³-hybridized carbons (Fsp3) is 0.519. The number of hydrogen-bond donors (Lipinski definition) is 2. The number of hydrogen-bond acceptors (Lipinski definition) is 3. The molecule has 4 nitrogen and oxygen atoms in total. The van der Waals surface area contributed by atoms with E-state index >= 15 is 0 Å². The van der Waals surface area contributed by atoms with Crippen molar-refractivity contribution in [3.63, 3.8) is 0 Å². The first kappa shape index (κ1) is 23.2. The highest BCUT2D eigenvalue weighted by atomic mass is 16.3. The van der Waals surface area contributed by atoms with Gasteiger partial charge in [0.15, 0.2) is 0 Å². The average Bonchev–Trinajstić information content (AvgIpc) is 3.14. The summed E-state index contributed by atoms with van der Waals surface area (Å²) in [6, 6.07) is 9.03. The van der Waals surface area contributed by atoms with Gasteiger partial charge in [-0.3, -0.25) is 4.79 Å². The number of benzene rings is 2. The molecule has 2 aromatic carbocycles. The molecule has 0 saturated heterocycles. The lowest BCUT2D eigenvalue weighted by molar-refractivity contribution is 0.0933. The topological polar surface area (TPSA) is 52.6 Å². The normalized spacial score (nSPS) is 13.4. The lowest BCUT2D eigenvalue weighted by Crippen LogP contribution is -2.36. The summed E-state index contributed by atoms with van der Waals surface area (Å²) in [6.07, 6.45) is 5.79. The Bertz CT molecular complexity index is 933. The number of aryl methyl sites for hydroxylation is 2. The maximum Gasteiger partial charge on any atom is 0.255 e. The molecule has 0 fully saturated rings. The lowest BCUT2D eigenvalue weighted by Gasteiger charge is -2.30. The molecule has 4 heteroatoms. The smallest absolute Gasteiger partial charge is 0.255 e. The van der Waals surface area contributed by atoms with Gasteiger partial charge in [0.05, 0.1) is 5.56 Å². The second kappa shape index (κ2) is 9.76. The molecule has 0 aromatic heterocycles. The predicted molar refractivity (Wildman–Crippen MR) is 129 cm³/mol. The fourth-order valence-electron chi connectivity index (χ4n) is 4.73. The van der Waals surface area contributed by atoms with E-state index in [-0.39, 0.29) is 17.1 Å². The van der Waals surface area contributed by atoms with Crippen molar-refractivity contribution in [3.8, 4) is 5.75 Å². The van der Waals surface area contributed by atoms with Crippen LogP contribution in [0.4, 0.5) is 5.69 Å². The lowest BCUT2D eigenvalue weighted by atomic mass is 9.82. The van der Waals surface area contributed by atoms with Gasteiger partial charge in [0.1, 0.15) is 5.75 Å². The van der Waals surface area contributed by atoms with E-state index in [1.807, 2.05) is 0 Å². The third-order valence-electron chi connectivity index (χ3n) is 6.47. The van der Waals surface area contributed by atoms with Crippen LogP contribution in [0, 0.1) is 19.3 Å². The molecule has 0 atom stereocenters. The van der Waals surface area contributed by atoms with Gasteiger partial charge in [-0.05, 0) is 72.9 Å². The van der Waals surface area contributed by atoms with Gasteiger partial charge in [-0.15, -0.1) is 0 Å². The summed E-state index contributed by atoms with van der Waals surface area (Å²) in [5, 5.41) is 13.0. The van der Waals surface area contributed by atoms with Crippen LogP contribution >= 0.6 is 0 Å². The van der Waals surface area contributed by atoms with E-state index in [0.29, 0.717) is 12.1 Å². The minimum atomic E-state index is -0.224. The number of para-hydroxylation sites is 1. The van der Waals surface area contributed by atoms with Crippen molar-refractivity contribution in [2.24, 2.45) is 5.41 Å². The Morgan fingerprint density at radius 2 is 1.90 bits per heavy atom. The van der Waals surface area contributed by atoms with E-state index < -0.39 is 0 Å². The number of amides is 1. The van der Waals surface area contributed by atoms with Crippen molar-refractivity contribution in [2.75, 3.05) is 24.5 Å². The van der Waals surface area contributed by atoms with Crippen LogP contribution in [0.15, 0.2) is 30.3 Å². The molecule has 2 N–H and O–H groups in total. The molecule has 2 aromatic rings. The number of carbonyl (C=O) groups excluding carboxylic acids is 1. The first-order valence-electron chi connectivity index (χ1n) is 11.7. The number of nitrogens with one attached hydrogen (secondary N) is 1. The number of phenolic OH excluding ortho intramolecular Hbond substituents is 1. The van der Waals surface area contributed by atoms with Crippen LogP contribution in [0.1, 0.15) is 72.6 Å². The fourth-order valence-corrected chi connectivity index (χ4v) is 4.73. The molecule has 1 amide bonds. The first-order valence-corrected chi connectivity index (χ1v) is 11.7. The Kier molecular flexibility index (Phi) is 7.30. The maximum atomic E-state index is 12.6. The molecule has 0 aliphatic carbocycles. The number of phenols is 1. The number of aromatic hydroxyl groups is 1. The van der Waals surface area contributed by atoms with Crippen molar-refractivity contribution in [2.45, 2.75) is 66.7 Å². The van der Waals surface area contributed by atoms with Crippen LogP contribution in [0.3, 0.4) is 0 Å². The number of nitrogens with zero attached hydrogens (tertiary/aromatic N) is 1. The monoisotopic (exact) mass is 422 g/mol. The van der Waals surface area contributed by atoms with Gasteiger partial charge in [-0.2, -0.15) is 0 Å². The Morgan fingerprint density at radius 1 is 1.16 bits per heavy atom. The van der Waals surface area contributed by atoms with Gasteiger partial charge in [-0.25, -0.2) is 0 Å². The molecular weight excluding hydrogens is 384 g/mol. The molecule has 1 aliphatic heterocycles. The number of fused-ring (bicyclic) bond motifs is 1. The van der Waals surface area contributed by atoms with E-state index in [1.165, 1.54) is 47.2 Å². The third-order valence-corrected chi connectivity index (χ3v) is 6.47. The highest BCUT2D eigenvalue weighted by Gasteiger charge is 2.29. The summed E-state index contributed by atoms with van der Waals surface area (Å²) < 4.78 is 0. The van der Waals surface area contributed by atoms with E-state index in [0.717, 1.165) is 25.9 Å². The second-order valence-corrected chi connectivity index (χ2v) is 9.80. The van der Waals surface area contributed by atoms with Crippen LogP contribution in [0.25, 0.3) is 0 Å². The van der Waals surface area contributed by atoms with E-state index in [1.54, 1.807) is 24.3 Å². The third kappa shape index (κ3) is 5.41. The summed E-state index contributed by atoms with van der Waals surface area (Å²) in [7, 11) is 0. The largest absolute Gasteiger partial charge is 0.507 e. The Hall–Kier alpha value is -2.49. The van der Waals surface area contributed by atoms with Crippen molar-refractivity contribution < 1.29 is 9.90 Å². The Morgan fingerprint density at radius 3 is 2.61 bits per heavy atom. The number of rotatable bonds is 9. The summed E-state index contributed by atoms with van der Waals surface area (Å²) in [4.78, 5) is 15.2. The molecular formula is C27H38N2O2. The summed E-state index contributed by atoms with van der Waals surface area (Å²) in [5.41, 5.74) is 7.36. The SMILES string of the molecule is CCCCCN1CCc2c(C)cc(C)c(CC(C)(C)CNC(=O)c3ccccc3O)c21. The average molecular weight is 423 g/mol. The number of unbranched alkanes of at least 4 members (excludes halogenated alkanes) is 2. The predicted octanol–water partition coefficient (Wildman–Crippen LogP) is 5.56. The van der Waals surface area contributed by atoms with Crippen LogP contribution in [-0.2, 0) is 12.8 Å². The first-order chi connectivity index (χ1) is 14.7. The number of carbonyl (C=O) groups is 1. The van der Waals surface area contributed by atoms with Crippen LogP contribution in [0.2, 0.25) is 0 Å². The second-order valence-electron chi connectivity index (χ2n) is 9.80. The molecule has 0 saturated carbocycles. The minimum absolute atomic E-state index is 0.0210. The number of anilines is 1. The highest BCUT2D eigenvalue weighted by Crippen LogP contribution is 2.39. The van der Waals surface area contributed by atoms with Gasteiger partial charge < -0.3 is 15.3 Å². The van der Waals surface area contributed by atoms with E-state index in [2.05, 4.69) is 50.9 Å². The minimum Gasteiger partial charge on any atom is -0.507 e. The van der Waals surface area contributed by atoms with Crippen LogP contribution in [0.5, 0.6) is 5.75 Å². The van der Waals surface area contributed by atoms with Crippen molar-refractivity contribution >= 4 is 11.6 Å². The Balaban J connectivity index is 1.77. The zero-order chi connectivity index (χ0) is 22.6. The summed E-state index contributed by atoms with van der Waals surface area (Å²) in [5.74, 6) is -0.203. The van der Waals surface area contributed by atoms with E-state index in [4.69, 9.17) is 0 Å². The molecule has 1 aliphatic rings. The summed E-state index contributed by atoms with van der Waals surface area (Å²) >= 11 is 0. The van der Waals surface area contributed by atoms with Gasteiger partial charge in [0.25, 0.3) is 5.91 Å². The van der Waals surface area contributed by atoms with Crippen molar-refractivity contribution in [3.05, 3.63) is 58.1 Å². The Labute approximate surface area is 187 Å². The highest BCUT2D eigenvalue weighted by molar-refractivity contribution is 5.96.